The molecular formula is C13H26N2S. The lowest BCUT2D eigenvalue weighted by Gasteiger charge is -2.48. The average molecular weight is 242 g/mol. The van der Waals surface area contributed by atoms with Crippen molar-refractivity contribution < 1.29 is 0 Å². The molecule has 0 aliphatic carbocycles. The van der Waals surface area contributed by atoms with Gasteiger partial charge in [-0.1, -0.05) is 13.3 Å². The molecule has 3 heteroatoms. The number of hydrogen-bond donors (Lipinski definition) is 1. The van der Waals surface area contributed by atoms with Crippen molar-refractivity contribution in [1.82, 2.24) is 4.90 Å². The van der Waals surface area contributed by atoms with Gasteiger partial charge in [0.1, 0.15) is 0 Å². The van der Waals surface area contributed by atoms with Crippen molar-refractivity contribution in [2.45, 2.75) is 44.6 Å². The van der Waals surface area contributed by atoms with Gasteiger partial charge in [0.05, 0.1) is 0 Å². The number of nitrogens with two attached hydrogens (primary N) is 1. The molecule has 94 valence electrons. The minimum atomic E-state index is 0.349. The van der Waals surface area contributed by atoms with Crippen LogP contribution in [0.25, 0.3) is 0 Å². The van der Waals surface area contributed by atoms with Crippen LogP contribution in [0.3, 0.4) is 0 Å². The van der Waals surface area contributed by atoms with Gasteiger partial charge >= 0.3 is 0 Å². The number of nitrogens with zero attached hydrogens (tertiary/aromatic N) is 1. The molecule has 2 aliphatic heterocycles. The number of thioether (sulfide) groups is 1. The van der Waals surface area contributed by atoms with Crippen LogP contribution in [-0.4, -0.2) is 41.6 Å². The Bertz CT molecular complexity index is 206. The summed E-state index contributed by atoms with van der Waals surface area (Å²) in [6, 6.07) is 0. The zero-order chi connectivity index (χ0) is 11.4. The van der Waals surface area contributed by atoms with E-state index in [1.165, 1.54) is 56.7 Å². The number of piperidine rings is 1. The van der Waals surface area contributed by atoms with E-state index in [-0.39, 0.29) is 0 Å². The van der Waals surface area contributed by atoms with Crippen molar-refractivity contribution in [2.75, 3.05) is 31.1 Å². The predicted molar refractivity (Wildman–Crippen MR) is 72.9 cm³/mol. The van der Waals surface area contributed by atoms with Crippen molar-refractivity contribution in [1.29, 1.82) is 0 Å². The molecule has 2 rings (SSSR count). The van der Waals surface area contributed by atoms with Gasteiger partial charge in [0.15, 0.2) is 0 Å². The molecule has 2 aliphatic rings. The summed E-state index contributed by atoms with van der Waals surface area (Å²) in [5, 5.41) is 0. The van der Waals surface area contributed by atoms with Crippen LogP contribution in [0.4, 0.5) is 0 Å². The third-order valence-electron chi connectivity index (χ3n) is 4.54. The number of rotatable bonds is 3. The maximum absolute atomic E-state index is 6.08. The Hall–Kier alpha value is 0.270. The van der Waals surface area contributed by atoms with Crippen LogP contribution in [0.2, 0.25) is 0 Å². The van der Waals surface area contributed by atoms with E-state index in [0.29, 0.717) is 5.54 Å². The second-order valence-electron chi connectivity index (χ2n) is 5.42. The van der Waals surface area contributed by atoms with E-state index in [1.807, 2.05) is 0 Å². The predicted octanol–water partition coefficient (Wildman–Crippen LogP) is 2.33. The van der Waals surface area contributed by atoms with E-state index in [1.54, 1.807) is 0 Å². The summed E-state index contributed by atoms with van der Waals surface area (Å²) in [6.07, 6.45) is 6.83. The van der Waals surface area contributed by atoms with E-state index in [2.05, 4.69) is 23.6 Å². The first-order chi connectivity index (χ1) is 7.80. The van der Waals surface area contributed by atoms with Crippen LogP contribution in [0.5, 0.6) is 0 Å². The first-order valence-corrected chi connectivity index (χ1v) is 7.99. The molecule has 1 unspecified atom stereocenters. The van der Waals surface area contributed by atoms with Crippen molar-refractivity contribution in [3.05, 3.63) is 0 Å². The maximum atomic E-state index is 6.08. The van der Waals surface area contributed by atoms with E-state index >= 15 is 0 Å². The standard InChI is InChI=1S/C13H26N2S/c1-2-12-4-7-15(8-5-12)13(10-14)6-3-9-16-11-13/h12H,2-11,14H2,1H3. The molecule has 0 bridgehead atoms. The molecule has 2 saturated heterocycles. The van der Waals surface area contributed by atoms with E-state index in [9.17, 15) is 0 Å². The zero-order valence-electron chi connectivity index (χ0n) is 10.6. The molecule has 2 fully saturated rings. The minimum absolute atomic E-state index is 0.349. The van der Waals surface area contributed by atoms with Crippen molar-refractivity contribution in [3.8, 4) is 0 Å². The maximum Gasteiger partial charge on any atom is 0.0422 e. The Balaban J connectivity index is 1.94. The Labute approximate surface area is 104 Å². The van der Waals surface area contributed by atoms with Crippen LogP contribution in [0.1, 0.15) is 39.0 Å². The quantitative estimate of drug-likeness (QED) is 0.823. The lowest BCUT2D eigenvalue weighted by Crippen LogP contribution is -2.59. The summed E-state index contributed by atoms with van der Waals surface area (Å²) in [6.45, 7) is 5.76. The third-order valence-corrected chi connectivity index (χ3v) is 5.86. The Morgan fingerprint density at radius 1 is 1.38 bits per heavy atom. The normalized spacial score (nSPS) is 34.1. The molecule has 2 heterocycles. The highest BCUT2D eigenvalue weighted by Crippen LogP contribution is 2.34. The van der Waals surface area contributed by atoms with Gasteiger partial charge < -0.3 is 5.73 Å². The lowest BCUT2D eigenvalue weighted by molar-refractivity contribution is 0.0614. The molecule has 16 heavy (non-hydrogen) atoms. The van der Waals surface area contributed by atoms with Crippen LogP contribution >= 0.6 is 11.8 Å². The molecule has 0 amide bonds. The topological polar surface area (TPSA) is 29.3 Å². The highest BCUT2D eigenvalue weighted by Gasteiger charge is 2.38. The summed E-state index contributed by atoms with van der Waals surface area (Å²) in [5.41, 5.74) is 6.43. The summed E-state index contributed by atoms with van der Waals surface area (Å²) >= 11 is 2.10. The van der Waals surface area contributed by atoms with E-state index in [0.717, 1.165) is 12.5 Å². The lowest BCUT2D eigenvalue weighted by atomic mass is 9.87. The molecule has 0 radical (unpaired) electrons. The fourth-order valence-corrected chi connectivity index (χ4v) is 4.51. The molecule has 0 aromatic heterocycles. The fourth-order valence-electron chi connectivity index (χ4n) is 3.19. The summed E-state index contributed by atoms with van der Waals surface area (Å²) < 4.78 is 0. The summed E-state index contributed by atoms with van der Waals surface area (Å²) in [4.78, 5) is 2.71. The minimum Gasteiger partial charge on any atom is -0.329 e. The van der Waals surface area contributed by atoms with Gasteiger partial charge in [-0.3, -0.25) is 4.90 Å². The van der Waals surface area contributed by atoms with Gasteiger partial charge in [-0.2, -0.15) is 11.8 Å². The van der Waals surface area contributed by atoms with Gasteiger partial charge in [-0.15, -0.1) is 0 Å². The zero-order valence-corrected chi connectivity index (χ0v) is 11.4. The van der Waals surface area contributed by atoms with E-state index < -0.39 is 0 Å². The second kappa shape index (κ2) is 5.74. The molecule has 0 aromatic carbocycles. The van der Waals surface area contributed by atoms with Crippen LogP contribution in [-0.2, 0) is 0 Å². The molecule has 0 spiro atoms. The Kier molecular flexibility index (Phi) is 4.57. The first kappa shape index (κ1) is 12.7. The second-order valence-corrected chi connectivity index (χ2v) is 6.53. The van der Waals surface area contributed by atoms with Gasteiger partial charge in [-0.25, -0.2) is 0 Å². The molecule has 2 nitrogen and oxygen atoms in total. The van der Waals surface area contributed by atoms with Crippen LogP contribution < -0.4 is 5.73 Å². The van der Waals surface area contributed by atoms with Gasteiger partial charge in [-0.05, 0) is 50.4 Å². The molecular weight excluding hydrogens is 216 g/mol. The fraction of sp³-hybridized carbons (Fsp3) is 1.00. The molecule has 0 aromatic rings. The van der Waals surface area contributed by atoms with Gasteiger partial charge in [0.2, 0.25) is 0 Å². The number of likely N-dealkylation sites (tertiary alicyclic amines) is 1. The largest absolute Gasteiger partial charge is 0.329 e. The van der Waals surface area contributed by atoms with Crippen molar-refractivity contribution in [2.24, 2.45) is 11.7 Å². The molecule has 1 atom stereocenters. The Morgan fingerprint density at radius 2 is 2.12 bits per heavy atom. The van der Waals surface area contributed by atoms with Gasteiger partial charge in [0, 0.05) is 17.8 Å². The third kappa shape index (κ3) is 2.57. The highest BCUT2D eigenvalue weighted by atomic mass is 32.2. The van der Waals surface area contributed by atoms with Crippen molar-refractivity contribution in [3.63, 3.8) is 0 Å². The smallest absolute Gasteiger partial charge is 0.0422 e. The van der Waals surface area contributed by atoms with Crippen LogP contribution in [0.15, 0.2) is 0 Å². The van der Waals surface area contributed by atoms with Crippen molar-refractivity contribution >= 4 is 11.8 Å². The first-order valence-electron chi connectivity index (χ1n) is 6.83. The number of hydrogen-bond acceptors (Lipinski definition) is 3. The summed E-state index contributed by atoms with van der Waals surface area (Å²) in [7, 11) is 0. The highest BCUT2D eigenvalue weighted by molar-refractivity contribution is 7.99. The summed E-state index contributed by atoms with van der Waals surface area (Å²) in [5.74, 6) is 3.58. The average Bonchev–Trinajstić information content (AvgIpc) is 2.39. The SMILES string of the molecule is CCC1CCN(C2(CN)CCCSC2)CC1. The van der Waals surface area contributed by atoms with Gasteiger partial charge in [0.25, 0.3) is 0 Å². The molecule has 0 saturated carbocycles. The van der Waals surface area contributed by atoms with Crippen LogP contribution in [0, 0.1) is 5.92 Å². The monoisotopic (exact) mass is 242 g/mol. The van der Waals surface area contributed by atoms with E-state index in [4.69, 9.17) is 5.73 Å². The molecule has 2 N–H and O–H groups in total. The Morgan fingerprint density at radius 3 is 2.62 bits per heavy atom.